The molecule has 0 amide bonds. The average Bonchev–Trinajstić information content (AvgIpc) is 3.19. The molecule has 338 valence electrons. The summed E-state index contributed by atoms with van der Waals surface area (Å²) in [4.78, 5) is 30.6. The Morgan fingerprint density at radius 3 is 2.03 bits per heavy atom. The molecule has 0 aliphatic carbocycles. The minimum atomic E-state index is -1.98. The molecule has 4 rings (SSSR count). The lowest BCUT2D eigenvalue weighted by Gasteiger charge is -2.50. The Hall–Kier alpha value is -2.08. The molecule has 1 aromatic rings. The monoisotopic (exact) mass is 838 g/mol. The first kappa shape index (κ1) is 49.6. The SMILES string of the molecule is CCC1OC(=O)[C@H](C)[C@H](OC2C[C@@](C)(OC)[C@@H](O)[C@H](C)O2)[C@H](C)[C@@H](OC2O[C@H](C)C[C@H](N(C)Cc3ccc(C)cc3)[C@H]2O)[C@@](C)(OC)C[C@@H](C)C(=O)[C@H](C)[C@@H](O)[C@]1(C)O. The molecule has 0 bridgehead atoms. The van der Waals surface area contributed by atoms with Crippen molar-refractivity contribution in [2.45, 2.75) is 193 Å². The topological polar surface area (TPSA) is 183 Å². The third kappa shape index (κ3) is 10.9. The van der Waals surface area contributed by atoms with Gasteiger partial charge in [0.05, 0.1) is 47.6 Å². The molecular weight excluding hydrogens is 762 g/mol. The van der Waals surface area contributed by atoms with Crippen molar-refractivity contribution in [2.75, 3.05) is 21.3 Å². The molecule has 18 atom stereocenters. The molecule has 4 N–H and O–H groups in total. The molecule has 14 heteroatoms. The average molecular weight is 838 g/mol. The molecule has 1 aromatic carbocycles. The van der Waals surface area contributed by atoms with E-state index in [0.717, 1.165) is 11.1 Å². The molecule has 3 unspecified atom stereocenters. The molecule has 3 saturated heterocycles. The molecule has 0 saturated carbocycles. The standard InChI is InChI=1S/C45H75NO13/c1-15-33-45(11,52)38(49)27(5)35(47)25(3)21-44(10,54-14)40(59-42-36(48)32(20-26(4)55-42)46(12)23-31-18-16-24(2)17-19-31)28(6)37(29(7)41(51)57-33)58-34-22-43(9,53-13)39(50)30(8)56-34/h16-19,25-30,32-34,36-40,42,48-50,52H,15,20-23H2,1-14H3/t25-,26-,27+,28+,29-,30+,32+,33?,34?,36-,37-,38-,39+,40-,42?,43-,44+,45-/m1/s1. The number of likely N-dealkylation sites (N-methyl/N-ethyl adjacent to an activating group) is 1. The lowest BCUT2D eigenvalue weighted by Crippen LogP contribution is -2.61. The van der Waals surface area contributed by atoms with Crippen LogP contribution < -0.4 is 0 Å². The molecule has 3 aliphatic heterocycles. The van der Waals surface area contributed by atoms with Gasteiger partial charge in [0, 0.05) is 51.0 Å². The molecular formula is C45H75NO13. The van der Waals surface area contributed by atoms with E-state index in [9.17, 15) is 30.0 Å². The zero-order valence-corrected chi connectivity index (χ0v) is 37.9. The van der Waals surface area contributed by atoms with Crippen LogP contribution in [0, 0.1) is 30.6 Å². The van der Waals surface area contributed by atoms with E-state index in [-0.39, 0.29) is 37.2 Å². The molecule has 0 aromatic heterocycles. The van der Waals surface area contributed by atoms with Gasteiger partial charge in [-0.25, -0.2) is 0 Å². The van der Waals surface area contributed by atoms with E-state index < -0.39 is 102 Å². The van der Waals surface area contributed by atoms with Gasteiger partial charge >= 0.3 is 5.97 Å². The van der Waals surface area contributed by atoms with E-state index in [1.54, 1.807) is 41.5 Å². The second kappa shape index (κ2) is 20.0. The Bertz CT molecular complexity index is 1530. The van der Waals surface area contributed by atoms with Crippen molar-refractivity contribution >= 4 is 11.8 Å². The summed E-state index contributed by atoms with van der Waals surface area (Å²) in [5.74, 6) is -4.56. The smallest absolute Gasteiger partial charge is 0.311 e. The summed E-state index contributed by atoms with van der Waals surface area (Å²) < 4.78 is 44.5. The molecule has 3 aliphatic rings. The number of ketones is 1. The summed E-state index contributed by atoms with van der Waals surface area (Å²) in [6, 6.07) is 7.90. The zero-order chi connectivity index (χ0) is 44.4. The quantitative estimate of drug-likeness (QED) is 0.245. The van der Waals surface area contributed by atoms with Crippen molar-refractivity contribution in [1.29, 1.82) is 0 Å². The van der Waals surface area contributed by atoms with Gasteiger partial charge in [0.1, 0.15) is 29.7 Å². The van der Waals surface area contributed by atoms with Crippen LogP contribution in [0.3, 0.4) is 0 Å². The summed E-state index contributed by atoms with van der Waals surface area (Å²) >= 11 is 0. The third-order valence-electron chi connectivity index (χ3n) is 13.7. The number of esters is 1. The summed E-state index contributed by atoms with van der Waals surface area (Å²) in [6.45, 7) is 19.8. The second-order valence-electron chi connectivity index (χ2n) is 18.6. The highest BCUT2D eigenvalue weighted by Gasteiger charge is 2.54. The highest BCUT2D eigenvalue weighted by Crippen LogP contribution is 2.42. The van der Waals surface area contributed by atoms with Crippen molar-refractivity contribution in [3.8, 4) is 0 Å². The normalized spacial score (nSPS) is 44.6. The number of cyclic esters (lactones) is 1. The number of aryl methyl sites for hydroxylation is 1. The van der Waals surface area contributed by atoms with Crippen LogP contribution in [0.4, 0.5) is 0 Å². The van der Waals surface area contributed by atoms with Crippen LogP contribution in [0.2, 0.25) is 0 Å². The van der Waals surface area contributed by atoms with Crippen LogP contribution >= 0.6 is 0 Å². The summed E-state index contributed by atoms with van der Waals surface area (Å²) in [5.41, 5.74) is -2.06. The van der Waals surface area contributed by atoms with E-state index in [0.29, 0.717) is 13.0 Å². The first-order valence-electron chi connectivity index (χ1n) is 21.4. The largest absolute Gasteiger partial charge is 0.459 e. The number of nitrogens with zero attached hydrogens (tertiary/aromatic N) is 1. The minimum Gasteiger partial charge on any atom is -0.459 e. The van der Waals surface area contributed by atoms with Gasteiger partial charge in [-0.1, -0.05) is 57.5 Å². The fraction of sp³-hybridized carbons (Fsp3) is 0.822. The maximum absolute atomic E-state index is 14.3. The van der Waals surface area contributed by atoms with Crippen LogP contribution in [-0.4, -0.2) is 143 Å². The van der Waals surface area contributed by atoms with Gasteiger partial charge in [0.25, 0.3) is 0 Å². The zero-order valence-electron chi connectivity index (χ0n) is 37.9. The highest BCUT2D eigenvalue weighted by atomic mass is 16.7. The van der Waals surface area contributed by atoms with Crippen LogP contribution in [0.15, 0.2) is 24.3 Å². The van der Waals surface area contributed by atoms with Gasteiger partial charge in [0.15, 0.2) is 12.6 Å². The van der Waals surface area contributed by atoms with Gasteiger partial charge < -0.3 is 53.6 Å². The van der Waals surface area contributed by atoms with Crippen LogP contribution in [-0.2, 0) is 49.3 Å². The first-order valence-corrected chi connectivity index (χ1v) is 21.4. The highest BCUT2D eigenvalue weighted by molar-refractivity contribution is 5.83. The number of carbonyl (C=O) groups excluding carboxylic acids is 2. The van der Waals surface area contributed by atoms with Crippen molar-refractivity contribution in [3.05, 3.63) is 35.4 Å². The van der Waals surface area contributed by atoms with Crippen LogP contribution in [0.25, 0.3) is 0 Å². The Morgan fingerprint density at radius 2 is 1.46 bits per heavy atom. The first-order chi connectivity index (χ1) is 27.4. The van der Waals surface area contributed by atoms with E-state index in [1.165, 1.54) is 21.1 Å². The maximum atomic E-state index is 14.3. The molecule has 0 spiro atoms. The molecule has 59 heavy (non-hydrogen) atoms. The van der Waals surface area contributed by atoms with E-state index >= 15 is 0 Å². The molecule has 14 nitrogen and oxygen atoms in total. The molecule has 3 fully saturated rings. The van der Waals surface area contributed by atoms with E-state index in [2.05, 4.69) is 29.2 Å². The molecule has 0 radical (unpaired) electrons. The number of rotatable bonds is 10. The fourth-order valence-corrected chi connectivity index (χ4v) is 9.61. The number of hydrogen-bond acceptors (Lipinski definition) is 14. The Kier molecular flexibility index (Phi) is 16.8. The van der Waals surface area contributed by atoms with Crippen molar-refractivity contribution in [3.63, 3.8) is 0 Å². The molecule has 3 heterocycles. The van der Waals surface area contributed by atoms with Crippen molar-refractivity contribution in [2.24, 2.45) is 23.7 Å². The second-order valence-corrected chi connectivity index (χ2v) is 18.6. The van der Waals surface area contributed by atoms with Gasteiger partial charge in [-0.15, -0.1) is 0 Å². The predicted octanol–water partition coefficient (Wildman–Crippen LogP) is 4.32. The summed E-state index contributed by atoms with van der Waals surface area (Å²) in [6.07, 6.45) is -9.07. The van der Waals surface area contributed by atoms with E-state index in [1.807, 2.05) is 34.7 Å². The van der Waals surface area contributed by atoms with Gasteiger partial charge in [0.2, 0.25) is 0 Å². The maximum Gasteiger partial charge on any atom is 0.311 e. The predicted molar refractivity (Wildman–Crippen MR) is 220 cm³/mol. The third-order valence-corrected chi connectivity index (χ3v) is 13.7. The van der Waals surface area contributed by atoms with Crippen LogP contribution in [0.5, 0.6) is 0 Å². The number of Topliss-reactive ketones (excluding diaryl/α,β-unsaturated/α-hetero) is 1. The lowest BCUT2D eigenvalue weighted by molar-refractivity contribution is -0.319. The van der Waals surface area contributed by atoms with Crippen molar-refractivity contribution in [1.82, 2.24) is 4.90 Å². The summed E-state index contributed by atoms with van der Waals surface area (Å²) in [7, 11) is 4.98. The fourth-order valence-electron chi connectivity index (χ4n) is 9.61. The number of carbonyl (C=O) groups is 2. The van der Waals surface area contributed by atoms with Gasteiger partial charge in [-0.05, 0) is 80.3 Å². The van der Waals surface area contributed by atoms with Crippen LogP contribution in [0.1, 0.15) is 106 Å². The number of hydrogen-bond donors (Lipinski definition) is 4. The number of aliphatic hydroxyl groups excluding tert-OH is 3. The Morgan fingerprint density at radius 1 is 0.847 bits per heavy atom. The number of methoxy groups -OCH3 is 2. The lowest BCUT2D eigenvalue weighted by atomic mass is 9.74. The van der Waals surface area contributed by atoms with Crippen molar-refractivity contribution < 1.29 is 63.2 Å². The number of aliphatic hydroxyl groups is 4. The van der Waals surface area contributed by atoms with Gasteiger partial charge in [-0.2, -0.15) is 0 Å². The number of ether oxygens (including phenoxy) is 7. The number of benzene rings is 1. The summed E-state index contributed by atoms with van der Waals surface area (Å²) in [5, 5.41) is 46.4. The van der Waals surface area contributed by atoms with Gasteiger partial charge in [-0.3, -0.25) is 14.5 Å². The Balaban J connectivity index is 1.82. The minimum absolute atomic E-state index is 0.0965. The Labute approximate surface area is 352 Å². The van der Waals surface area contributed by atoms with E-state index in [4.69, 9.17) is 33.2 Å².